The minimum absolute atomic E-state index is 0.0256. The summed E-state index contributed by atoms with van der Waals surface area (Å²) >= 11 is 0. The standard InChI is InChI=1S/C13H23NO3/c1-13(2,3)11-10-5-8(7-15)4-9(10)6-14(11)12(16)17/h8-11,15H,4-7H2,1-3H3,(H,16,17)/t8?,9-,10-,11?/m0/s1. The number of carboxylic acid groups (broad SMARTS) is 1. The molecule has 0 bridgehead atoms. The fourth-order valence-electron chi connectivity index (χ4n) is 3.93. The molecule has 1 aliphatic carbocycles. The van der Waals surface area contributed by atoms with Crippen molar-refractivity contribution in [2.45, 2.75) is 39.7 Å². The first-order valence-electron chi connectivity index (χ1n) is 6.45. The summed E-state index contributed by atoms with van der Waals surface area (Å²) in [5.74, 6) is 1.27. The molecule has 2 fully saturated rings. The first-order valence-corrected chi connectivity index (χ1v) is 6.45. The van der Waals surface area contributed by atoms with Crippen molar-refractivity contribution in [2.24, 2.45) is 23.2 Å². The molecule has 98 valence electrons. The van der Waals surface area contributed by atoms with Gasteiger partial charge in [-0.15, -0.1) is 0 Å². The predicted molar refractivity (Wildman–Crippen MR) is 64.8 cm³/mol. The molecule has 4 heteroatoms. The van der Waals surface area contributed by atoms with Gasteiger partial charge < -0.3 is 15.1 Å². The van der Waals surface area contributed by atoms with E-state index in [1.54, 1.807) is 4.90 Å². The average molecular weight is 241 g/mol. The smallest absolute Gasteiger partial charge is 0.407 e. The van der Waals surface area contributed by atoms with Crippen molar-refractivity contribution in [3.05, 3.63) is 0 Å². The number of aliphatic hydroxyl groups excluding tert-OH is 1. The van der Waals surface area contributed by atoms with Crippen molar-refractivity contribution in [1.82, 2.24) is 4.90 Å². The molecule has 0 radical (unpaired) electrons. The Labute approximate surface area is 103 Å². The third kappa shape index (κ3) is 2.15. The molecule has 0 aromatic carbocycles. The highest BCUT2D eigenvalue weighted by Gasteiger charge is 2.52. The predicted octanol–water partition coefficient (Wildman–Crippen LogP) is 2.03. The second kappa shape index (κ2) is 4.16. The molecular formula is C13H23NO3. The maximum Gasteiger partial charge on any atom is 0.407 e. The molecule has 1 amide bonds. The van der Waals surface area contributed by atoms with Crippen LogP contribution in [0.5, 0.6) is 0 Å². The van der Waals surface area contributed by atoms with Crippen molar-refractivity contribution >= 4 is 6.09 Å². The number of rotatable bonds is 1. The van der Waals surface area contributed by atoms with Gasteiger partial charge in [-0.3, -0.25) is 0 Å². The van der Waals surface area contributed by atoms with Crippen LogP contribution in [0.25, 0.3) is 0 Å². The van der Waals surface area contributed by atoms with Gasteiger partial charge in [0.1, 0.15) is 0 Å². The number of hydrogen-bond donors (Lipinski definition) is 2. The summed E-state index contributed by atoms with van der Waals surface area (Å²) in [6.07, 6.45) is 1.17. The van der Waals surface area contributed by atoms with E-state index in [4.69, 9.17) is 0 Å². The van der Waals surface area contributed by atoms with E-state index in [1.807, 2.05) is 0 Å². The Kier molecular flexibility index (Phi) is 3.10. The first-order chi connectivity index (χ1) is 7.84. The van der Waals surface area contributed by atoms with Gasteiger partial charge in [-0.25, -0.2) is 4.79 Å². The van der Waals surface area contributed by atoms with Gasteiger partial charge in [0.25, 0.3) is 0 Å². The Morgan fingerprint density at radius 2 is 2.00 bits per heavy atom. The van der Waals surface area contributed by atoms with Crippen LogP contribution >= 0.6 is 0 Å². The van der Waals surface area contributed by atoms with Crippen LogP contribution in [0.2, 0.25) is 0 Å². The zero-order chi connectivity index (χ0) is 12.8. The summed E-state index contributed by atoms with van der Waals surface area (Å²) in [6, 6.07) is 0.0987. The monoisotopic (exact) mass is 241 g/mol. The van der Waals surface area contributed by atoms with E-state index in [9.17, 15) is 15.0 Å². The fraction of sp³-hybridized carbons (Fsp3) is 0.923. The van der Waals surface area contributed by atoms with Crippen LogP contribution in [-0.2, 0) is 0 Å². The van der Waals surface area contributed by atoms with E-state index >= 15 is 0 Å². The molecular weight excluding hydrogens is 218 g/mol. The van der Waals surface area contributed by atoms with Crippen LogP contribution in [0.3, 0.4) is 0 Å². The second-order valence-electron chi connectivity index (χ2n) is 6.69. The topological polar surface area (TPSA) is 60.8 Å². The molecule has 2 rings (SSSR count). The lowest BCUT2D eigenvalue weighted by atomic mass is 9.77. The molecule has 0 spiro atoms. The van der Waals surface area contributed by atoms with Crippen molar-refractivity contribution < 1.29 is 15.0 Å². The van der Waals surface area contributed by atoms with Crippen LogP contribution in [0, 0.1) is 23.2 Å². The number of likely N-dealkylation sites (tertiary alicyclic amines) is 1. The highest BCUT2D eigenvalue weighted by molar-refractivity contribution is 5.66. The van der Waals surface area contributed by atoms with Gasteiger partial charge in [0.05, 0.1) is 0 Å². The Morgan fingerprint density at radius 1 is 1.35 bits per heavy atom. The Balaban J connectivity index is 2.21. The minimum atomic E-state index is -0.792. The van der Waals surface area contributed by atoms with Gasteiger partial charge in [-0.05, 0) is 36.0 Å². The number of fused-ring (bicyclic) bond motifs is 1. The third-order valence-electron chi connectivity index (χ3n) is 4.41. The van der Waals surface area contributed by atoms with Gasteiger partial charge in [-0.1, -0.05) is 20.8 Å². The van der Waals surface area contributed by atoms with Crippen molar-refractivity contribution in [1.29, 1.82) is 0 Å². The van der Waals surface area contributed by atoms with Crippen molar-refractivity contribution in [3.63, 3.8) is 0 Å². The number of carbonyl (C=O) groups is 1. The van der Waals surface area contributed by atoms with E-state index in [1.165, 1.54) is 0 Å². The minimum Gasteiger partial charge on any atom is -0.465 e. The highest BCUT2D eigenvalue weighted by Crippen LogP contribution is 2.49. The van der Waals surface area contributed by atoms with E-state index < -0.39 is 6.09 Å². The summed E-state index contributed by atoms with van der Waals surface area (Å²) in [4.78, 5) is 12.9. The van der Waals surface area contributed by atoms with Crippen molar-refractivity contribution in [3.8, 4) is 0 Å². The molecule has 0 aromatic heterocycles. The second-order valence-corrected chi connectivity index (χ2v) is 6.69. The summed E-state index contributed by atoms with van der Waals surface area (Å²) in [7, 11) is 0. The number of amides is 1. The van der Waals surface area contributed by atoms with Gasteiger partial charge >= 0.3 is 6.09 Å². The summed E-state index contributed by atoms with van der Waals surface area (Å²) in [6.45, 7) is 7.24. The summed E-state index contributed by atoms with van der Waals surface area (Å²) < 4.78 is 0. The molecule has 2 N–H and O–H groups in total. The molecule has 1 saturated carbocycles. The molecule has 17 heavy (non-hydrogen) atoms. The van der Waals surface area contributed by atoms with E-state index in [0.717, 1.165) is 12.8 Å². The first kappa shape index (κ1) is 12.7. The number of nitrogens with zero attached hydrogens (tertiary/aromatic N) is 1. The van der Waals surface area contributed by atoms with Gasteiger partial charge in [0.15, 0.2) is 0 Å². The fourth-order valence-corrected chi connectivity index (χ4v) is 3.93. The maximum absolute atomic E-state index is 11.3. The van der Waals surface area contributed by atoms with E-state index in [2.05, 4.69) is 20.8 Å². The molecule has 2 aliphatic rings. The lowest BCUT2D eigenvalue weighted by molar-refractivity contribution is 0.0853. The molecule has 1 aliphatic heterocycles. The van der Waals surface area contributed by atoms with Crippen LogP contribution in [0.1, 0.15) is 33.6 Å². The molecule has 1 heterocycles. The summed E-state index contributed by atoms with van der Waals surface area (Å²) in [5.41, 5.74) is -0.0256. The number of hydrogen-bond acceptors (Lipinski definition) is 2. The van der Waals surface area contributed by atoms with Crippen LogP contribution < -0.4 is 0 Å². The maximum atomic E-state index is 11.3. The van der Waals surface area contributed by atoms with Crippen LogP contribution in [-0.4, -0.2) is 40.4 Å². The molecule has 2 unspecified atom stereocenters. The zero-order valence-electron chi connectivity index (χ0n) is 10.9. The summed E-state index contributed by atoms with van der Waals surface area (Å²) in [5, 5.41) is 18.6. The third-order valence-corrected chi connectivity index (χ3v) is 4.41. The molecule has 4 nitrogen and oxygen atoms in total. The zero-order valence-corrected chi connectivity index (χ0v) is 10.9. The Hall–Kier alpha value is -0.770. The molecule has 0 aromatic rings. The van der Waals surface area contributed by atoms with Gasteiger partial charge in [-0.2, -0.15) is 0 Å². The normalized spacial score (nSPS) is 37.3. The Morgan fingerprint density at radius 3 is 2.47 bits per heavy atom. The van der Waals surface area contributed by atoms with E-state index in [0.29, 0.717) is 24.3 Å². The average Bonchev–Trinajstić information content (AvgIpc) is 2.69. The SMILES string of the molecule is CC(C)(C)C1[C@H]2CC(CO)C[C@H]2CN1C(=O)O. The molecule has 1 saturated heterocycles. The van der Waals surface area contributed by atoms with Gasteiger partial charge in [0.2, 0.25) is 0 Å². The number of aliphatic hydroxyl groups is 1. The van der Waals surface area contributed by atoms with Crippen LogP contribution in [0.4, 0.5) is 4.79 Å². The highest BCUT2D eigenvalue weighted by atomic mass is 16.4. The lowest BCUT2D eigenvalue weighted by Gasteiger charge is -2.37. The largest absolute Gasteiger partial charge is 0.465 e. The molecule has 4 atom stereocenters. The van der Waals surface area contributed by atoms with Gasteiger partial charge in [0, 0.05) is 19.2 Å². The van der Waals surface area contributed by atoms with Crippen molar-refractivity contribution in [2.75, 3.05) is 13.2 Å². The quantitative estimate of drug-likeness (QED) is 0.738. The Bertz CT molecular complexity index is 310. The van der Waals surface area contributed by atoms with Crippen LogP contribution in [0.15, 0.2) is 0 Å². The lowest BCUT2D eigenvalue weighted by Crippen LogP contribution is -2.45. The van der Waals surface area contributed by atoms with E-state index in [-0.39, 0.29) is 18.1 Å².